The van der Waals surface area contributed by atoms with E-state index in [0.717, 1.165) is 96.3 Å². The van der Waals surface area contributed by atoms with Gasteiger partial charge in [0.2, 0.25) is 0 Å². The van der Waals surface area contributed by atoms with E-state index in [9.17, 15) is 19.5 Å². The largest absolute Gasteiger partial charge is 0.545 e. The molecule has 0 aromatic rings. The fourth-order valence-electron chi connectivity index (χ4n) is 10.2. The van der Waals surface area contributed by atoms with Gasteiger partial charge in [-0.15, -0.1) is 0 Å². The topological polar surface area (TPSA) is 111 Å². The molecule has 0 amide bonds. The maximum atomic E-state index is 12.9. The van der Waals surface area contributed by atoms with E-state index in [4.69, 9.17) is 18.9 Å². The molecule has 0 aliphatic carbocycles. The normalized spacial score (nSPS) is 13.5. The van der Waals surface area contributed by atoms with Gasteiger partial charge in [0.1, 0.15) is 13.2 Å². The van der Waals surface area contributed by atoms with Crippen LogP contribution in [0.25, 0.3) is 0 Å². The van der Waals surface area contributed by atoms with E-state index >= 15 is 0 Å². The van der Waals surface area contributed by atoms with Gasteiger partial charge in [0, 0.05) is 12.8 Å². The Morgan fingerprint density at radius 2 is 0.626 bits per heavy atom. The molecule has 0 aromatic heterocycles. The number of aliphatic carboxylic acids is 1. The highest BCUT2D eigenvalue weighted by Crippen LogP contribution is 2.17. The van der Waals surface area contributed by atoms with E-state index in [1.165, 1.54) is 180 Å². The van der Waals surface area contributed by atoms with Crippen LogP contribution in [0.1, 0.15) is 309 Å². The van der Waals surface area contributed by atoms with Crippen LogP contribution >= 0.6 is 0 Å². The first-order chi connectivity index (χ1) is 44.6. The van der Waals surface area contributed by atoms with Crippen molar-refractivity contribution < 1.29 is 42.9 Å². The van der Waals surface area contributed by atoms with Crippen LogP contribution in [-0.2, 0) is 33.3 Å². The van der Waals surface area contributed by atoms with Gasteiger partial charge in [-0.1, -0.05) is 314 Å². The van der Waals surface area contributed by atoms with E-state index in [-0.39, 0.29) is 38.6 Å². The lowest BCUT2D eigenvalue weighted by Crippen LogP contribution is -2.44. The third-order valence-electron chi connectivity index (χ3n) is 15.9. The highest BCUT2D eigenvalue weighted by Gasteiger charge is 2.22. The van der Waals surface area contributed by atoms with Gasteiger partial charge in [-0.05, 0) is 116 Å². The van der Waals surface area contributed by atoms with Gasteiger partial charge in [0.25, 0.3) is 0 Å². The predicted octanol–water partition coefficient (Wildman–Crippen LogP) is 22.4. The number of likely N-dealkylation sites (N-methyl/N-ethyl adjacent to an activating group) is 1. The fraction of sp³-hybridized carbons (Fsp3) is 0.695. The minimum Gasteiger partial charge on any atom is -0.545 e. The molecule has 0 fully saturated rings. The zero-order valence-electron chi connectivity index (χ0n) is 59.4. The number of carbonyl (C=O) groups is 3. The summed E-state index contributed by atoms with van der Waals surface area (Å²) in [7, 11) is 5.91. The van der Waals surface area contributed by atoms with Crippen LogP contribution in [0.3, 0.4) is 0 Å². The molecule has 0 saturated heterocycles. The van der Waals surface area contributed by atoms with Gasteiger partial charge < -0.3 is 33.3 Å². The van der Waals surface area contributed by atoms with Gasteiger partial charge in [-0.3, -0.25) is 9.59 Å². The number of quaternary nitrogens is 1. The summed E-state index contributed by atoms with van der Waals surface area (Å²) >= 11 is 0. The van der Waals surface area contributed by atoms with E-state index in [1.54, 1.807) is 0 Å². The molecule has 0 N–H and O–H groups in total. The van der Waals surface area contributed by atoms with Crippen LogP contribution in [0, 0.1) is 0 Å². The van der Waals surface area contributed by atoms with Crippen LogP contribution in [0.5, 0.6) is 0 Å². The number of carbonyl (C=O) groups excluding carboxylic acids is 3. The second-order valence-corrected chi connectivity index (χ2v) is 25.9. The zero-order chi connectivity index (χ0) is 66.1. The molecule has 0 aliphatic heterocycles. The average Bonchev–Trinajstić information content (AvgIpc) is 3.46. The number of allylic oxidation sites excluding steroid dienone is 22. The molecule has 0 aromatic carbocycles. The number of unbranched alkanes of at least 4 members (excludes halogenated alkanes) is 31. The van der Waals surface area contributed by atoms with Crippen LogP contribution in [0.4, 0.5) is 0 Å². The molecular formula is C82H139NO8. The predicted molar refractivity (Wildman–Crippen MR) is 389 cm³/mol. The Kier molecular flexibility index (Phi) is 67.7. The van der Waals surface area contributed by atoms with Gasteiger partial charge in [0.05, 0.1) is 40.3 Å². The Labute approximate surface area is 560 Å². The minimum absolute atomic E-state index is 0.133. The summed E-state index contributed by atoms with van der Waals surface area (Å²) in [5.74, 6) is -2.34. The number of rotatable bonds is 68. The van der Waals surface area contributed by atoms with Crippen molar-refractivity contribution in [1.29, 1.82) is 0 Å². The molecule has 0 bridgehead atoms. The molecule has 0 aliphatic rings. The SMILES string of the molecule is CC/C=C\C/C=C\C/C=C\C/C=C\C/C=C\C/C=C\C/C=C\C/C=C\C/C=C\C/C=C\CCCCC(=O)OC(COC(=O)CCCCCCCCCCCCCCCCCCCCCCC/C=C\CCCCCCCCCC)COC(OCC[N+](C)(C)C)C(=O)[O-]. The second kappa shape index (κ2) is 71.3. The van der Waals surface area contributed by atoms with Crippen LogP contribution in [0.15, 0.2) is 134 Å². The summed E-state index contributed by atoms with van der Waals surface area (Å²) in [4.78, 5) is 37.5. The van der Waals surface area contributed by atoms with Crippen LogP contribution in [0.2, 0.25) is 0 Å². The lowest BCUT2D eigenvalue weighted by molar-refractivity contribution is -0.870. The molecule has 0 radical (unpaired) electrons. The van der Waals surface area contributed by atoms with Crippen LogP contribution < -0.4 is 5.11 Å². The third-order valence-corrected chi connectivity index (χ3v) is 15.9. The number of esters is 2. The highest BCUT2D eigenvalue weighted by atomic mass is 16.7. The van der Waals surface area contributed by atoms with Crippen molar-refractivity contribution in [2.24, 2.45) is 0 Å². The van der Waals surface area contributed by atoms with Crippen LogP contribution in [-0.4, -0.2) is 82.3 Å². The van der Waals surface area contributed by atoms with Crippen molar-refractivity contribution in [3.8, 4) is 0 Å². The summed E-state index contributed by atoms with van der Waals surface area (Å²) in [6, 6.07) is 0. The van der Waals surface area contributed by atoms with Crippen molar-refractivity contribution >= 4 is 17.9 Å². The van der Waals surface area contributed by atoms with Gasteiger partial charge in [-0.2, -0.15) is 0 Å². The maximum Gasteiger partial charge on any atom is 0.306 e. The van der Waals surface area contributed by atoms with Gasteiger partial charge >= 0.3 is 11.9 Å². The maximum absolute atomic E-state index is 12.9. The van der Waals surface area contributed by atoms with E-state index in [2.05, 4.69) is 148 Å². The number of carboxylic acid groups (broad SMARTS) is 1. The van der Waals surface area contributed by atoms with Crippen molar-refractivity contribution in [2.75, 3.05) is 47.5 Å². The molecule has 9 nitrogen and oxygen atoms in total. The second-order valence-electron chi connectivity index (χ2n) is 25.9. The molecule has 9 heteroatoms. The first kappa shape index (κ1) is 86.4. The summed E-state index contributed by atoms with van der Waals surface area (Å²) < 4.78 is 22.8. The molecule has 0 rings (SSSR count). The smallest absolute Gasteiger partial charge is 0.306 e. The monoisotopic (exact) mass is 1270 g/mol. The van der Waals surface area contributed by atoms with E-state index in [1.807, 2.05) is 21.1 Å². The number of carboxylic acids is 1. The molecule has 2 unspecified atom stereocenters. The number of hydrogen-bond donors (Lipinski definition) is 0. The van der Waals surface area contributed by atoms with Gasteiger partial charge in [-0.25, -0.2) is 0 Å². The van der Waals surface area contributed by atoms with Crippen molar-refractivity contribution in [2.45, 2.75) is 322 Å². The van der Waals surface area contributed by atoms with Gasteiger partial charge in [0.15, 0.2) is 12.4 Å². The minimum atomic E-state index is -1.64. The molecule has 0 heterocycles. The summed E-state index contributed by atoms with van der Waals surface area (Å²) in [6.07, 6.45) is 99.9. The first-order valence-electron chi connectivity index (χ1n) is 37.3. The van der Waals surface area contributed by atoms with Crippen molar-refractivity contribution in [3.63, 3.8) is 0 Å². The Bertz CT molecular complexity index is 1960. The zero-order valence-corrected chi connectivity index (χ0v) is 59.4. The molecule has 2 atom stereocenters. The highest BCUT2D eigenvalue weighted by molar-refractivity contribution is 5.70. The summed E-state index contributed by atoms with van der Waals surface area (Å²) in [6.45, 7) is 4.60. The first-order valence-corrected chi connectivity index (χ1v) is 37.3. The molecule has 91 heavy (non-hydrogen) atoms. The number of hydrogen-bond acceptors (Lipinski definition) is 8. The lowest BCUT2D eigenvalue weighted by Gasteiger charge is -2.26. The Balaban J connectivity index is 4.18. The van der Waals surface area contributed by atoms with E-state index < -0.39 is 24.3 Å². The number of nitrogens with zero attached hydrogens (tertiary/aromatic N) is 1. The third kappa shape index (κ3) is 72.7. The van der Waals surface area contributed by atoms with E-state index in [0.29, 0.717) is 17.4 Å². The Morgan fingerprint density at radius 3 is 0.967 bits per heavy atom. The summed E-state index contributed by atoms with van der Waals surface area (Å²) in [5.41, 5.74) is 0. The average molecular weight is 1270 g/mol. The lowest BCUT2D eigenvalue weighted by atomic mass is 10.0. The Hall–Kier alpha value is -4.57. The number of ether oxygens (including phenoxy) is 4. The summed E-state index contributed by atoms with van der Waals surface area (Å²) in [5, 5.41) is 11.8. The van der Waals surface area contributed by atoms with Crippen molar-refractivity contribution in [1.82, 2.24) is 0 Å². The molecule has 0 saturated carbocycles. The van der Waals surface area contributed by atoms with Crippen molar-refractivity contribution in [3.05, 3.63) is 134 Å². The standard InChI is InChI=1S/C82H139NO8/c1-6-8-10-12-14-16-18-20-22-24-26-28-30-32-34-36-38-40-42-44-46-48-50-52-54-56-58-60-62-64-66-68-70-72-79(84)89-76-78(77-90-82(81(86)87)88-75-74-83(3,4)5)91-80(85)73-71-69-67-65-63-61-59-57-55-53-51-49-47-45-43-41-39-37-35-33-31-29-27-25-23-21-19-17-15-13-11-9-7-2/h9,11,15,17,21,23-24,26-27,29,33,35,39,41,45,47,51,53,57,59,63,65,78,82H,6-8,10,12-14,16,18-20,22,25,28,30-32,34,36-38,40,42-44,46,48-50,52,54-56,58,60-62,64,66-77H2,1-5H3/b11-9-,17-15-,23-21-,26-24-,29-27-,35-33-,41-39-,47-45-,53-51-,59-57-,65-63-. The molecule has 520 valence electrons. The quantitative estimate of drug-likeness (QED) is 0.0195. The Morgan fingerprint density at radius 1 is 0.341 bits per heavy atom. The fourth-order valence-corrected chi connectivity index (χ4v) is 10.2. The molecule has 0 spiro atoms. The molecular weight excluding hydrogens is 1130 g/mol.